The highest BCUT2D eigenvalue weighted by atomic mass is 35.5. The molecule has 0 fully saturated rings. The van der Waals surface area contributed by atoms with E-state index in [1.54, 1.807) is 6.07 Å². The van der Waals surface area contributed by atoms with Gasteiger partial charge in [0.05, 0.1) is 0 Å². The molecule has 5 heteroatoms. The maximum atomic E-state index is 11.6. The fraction of sp³-hybridized carbons (Fsp3) is 0.444. The second-order valence-corrected chi connectivity index (χ2v) is 3.83. The predicted octanol–water partition coefficient (Wildman–Crippen LogP) is 1.22. The molecule has 0 saturated heterocycles. The van der Waals surface area contributed by atoms with E-state index >= 15 is 0 Å². The van der Waals surface area contributed by atoms with Crippen molar-refractivity contribution in [1.29, 1.82) is 0 Å². The Bertz CT molecular complexity index is 313. The summed E-state index contributed by atoms with van der Waals surface area (Å²) in [4.78, 5) is 19.1. The lowest BCUT2D eigenvalue weighted by Gasteiger charge is -2.22. The summed E-state index contributed by atoms with van der Waals surface area (Å²) in [5.41, 5.74) is -0.0814. The Kier molecular flexibility index (Phi) is 3.41. The van der Waals surface area contributed by atoms with Crippen LogP contribution in [0.15, 0.2) is 18.6 Å². The van der Waals surface area contributed by atoms with Gasteiger partial charge in [0.25, 0.3) is 5.91 Å². The number of carbonyl (C=O) groups excluding carboxylic acids is 1. The van der Waals surface area contributed by atoms with Crippen molar-refractivity contribution in [3.05, 3.63) is 24.3 Å². The van der Waals surface area contributed by atoms with Gasteiger partial charge in [-0.1, -0.05) is 0 Å². The largest absolute Gasteiger partial charge is 0.345 e. The van der Waals surface area contributed by atoms with E-state index in [4.69, 9.17) is 11.6 Å². The lowest BCUT2D eigenvalue weighted by atomic mass is 10.1. The molecule has 76 valence electrons. The highest BCUT2D eigenvalue weighted by Gasteiger charge is 2.20. The van der Waals surface area contributed by atoms with Gasteiger partial charge in [0.1, 0.15) is 12.0 Å². The zero-order valence-corrected chi connectivity index (χ0v) is 8.88. The van der Waals surface area contributed by atoms with Crippen LogP contribution >= 0.6 is 11.6 Å². The van der Waals surface area contributed by atoms with Gasteiger partial charge in [0.2, 0.25) is 0 Å². The van der Waals surface area contributed by atoms with Gasteiger partial charge in [-0.15, -0.1) is 11.6 Å². The minimum atomic E-state index is -0.427. The van der Waals surface area contributed by atoms with Gasteiger partial charge in [0, 0.05) is 17.6 Å². The SMILES string of the molecule is CC(C)(CCl)NC(=O)c1ccncn1. The van der Waals surface area contributed by atoms with Crippen LogP contribution in [0.2, 0.25) is 0 Å². The second kappa shape index (κ2) is 4.37. The number of alkyl halides is 1. The van der Waals surface area contributed by atoms with Crippen LogP contribution in [0.1, 0.15) is 24.3 Å². The van der Waals surface area contributed by atoms with Crippen molar-refractivity contribution in [2.24, 2.45) is 0 Å². The van der Waals surface area contributed by atoms with E-state index in [-0.39, 0.29) is 5.91 Å². The second-order valence-electron chi connectivity index (χ2n) is 3.57. The number of halogens is 1. The highest BCUT2D eigenvalue weighted by molar-refractivity contribution is 6.18. The fourth-order valence-electron chi connectivity index (χ4n) is 0.830. The summed E-state index contributed by atoms with van der Waals surface area (Å²) < 4.78 is 0. The molecule has 0 aliphatic carbocycles. The third-order valence-electron chi connectivity index (χ3n) is 1.60. The minimum Gasteiger partial charge on any atom is -0.345 e. The van der Waals surface area contributed by atoms with E-state index in [0.29, 0.717) is 11.6 Å². The minimum absolute atomic E-state index is 0.238. The van der Waals surface area contributed by atoms with E-state index < -0.39 is 5.54 Å². The first-order chi connectivity index (χ1) is 6.55. The monoisotopic (exact) mass is 213 g/mol. The molecule has 0 aliphatic rings. The normalized spacial score (nSPS) is 11.1. The van der Waals surface area contributed by atoms with Gasteiger partial charge in [0.15, 0.2) is 0 Å². The summed E-state index contributed by atoms with van der Waals surface area (Å²) in [6.45, 7) is 3.69. The molecule has 0 aromatic carbocycles. The Labute approximate surface area is 87.7 Å². The average molecular weight is 214 g/mol. The first kappa shape index (κ1) is 10.9. The van der Waals surface area contributed by atoms with Gasteiger partial charge in [-0.25, -0.2) is 9.97 Å². The Morgan fingerprint density at radius 2 is 2.36 bits per heavy atom. The summed E-state index contributed by atoms with van der Waals surface area (Å²) in [7, 11) is 0. The van der Waals surface area contributed by atoms with Gasteiger partial charge < -0.3 is 5.32 Å². The standard InChI is InChI=1S/C9H12ClN3O/c1-9(2,5-10)13-8(14)7-3-4-11-6-12-7/h3-4,6H,5H2,1-2H3,(H,13,14). The number of rotatable bonds is 3. The Morgan fingerprint density at radius 1 is 1.64 bits per heavy atom. The quantitative estimate of drug-likeness (QED) is 0.769. The molecule has 0 aliphatic heterocycles. The van der Waals surface area contributed by atoms with Crippen LogP contribution in [0.5, 0.6) is 0 Å². The van der Waals surface area contributed by atoms with E-state index in [0.717, 1.165) is 0 Å². The molecule has 1 amide bonds. The van der Waals surface area contributed by atoms with Crippen LogP contribution in [0.25, 0.3) is 0 Å². The van der Waals surface area contributed by atoms with Crippen LogP contribution in [-0.4, -0.2) is 27.3 Å². The van der Waals surface area contributed by atoms with Crippen LogP contribution in [-0.2, 0) is 0 Å². The van der Waals surface area contributed by atoms with Crippen LogP contribution in [0, 0.1) is 0 Å². The summed E-state index contributed by atoms with van der Waals surface area (Å²) in [5.74, 6) is 0.113. The molecule has 0 unspecified atom stereocenters. The molecule has 4 nitrogen and oxygen atoms in total. The van der Waals surface area contributed by atoms with Crippen molar-refractivity contribution in [3.63, 3.8) is 0 Å². The number of carbonyl (C=O) groups is 1. The third kappa shape index (κ3) is 2.96. The molecule has 0 atom stereocenters. The summed E-state index contributed by atoms with van der Waals surface area (Å²) in [6, 6.07) is 1.56. The predicted molar refractivity (Wildman–Crippen MR) is 54.3 cm³/mol. The molecule has 1 aromatic rings. The van der Waals surface area contributed by atoms with E-state index in [9.17, 15) is 4.79 Å². The summed E-state index contributed by atoms with van der Waals surface area (Å²) >= 11 is 5.68. The smallest absolute Gasteiger partial charge is 0.270 e. The average Bonchev–Trinajstić information content (AvgIpc) is 2.19. The van der Waals surface area contributed by atoms with Crippen molar-refractivity contribution < 1.29 is 4.79 Å². The molecule has 1 aromatic heterocycles. The van der Waals surface area contributed by atoms with Crippen molar-refractivity contribution in [1.82, 2.24) is 15.3 Å². The van der Waals surface area contributed by atoms with Gasteiger partial charge >= 0.3 is 0 Å². The van der Waals surface area contributed by atoms with Crippen LogP contribution in [0.3, 0.4) is 0 Å². The molecular weight excluding hydrogens is 202 g/mol. The molecule has 0 spiro atoms. The number of hydrogen-bond donors (Lipinski definition) is 1. The maximum absolute atomic E-state index is 11.6. The topological polar surface area (TPSA) is 54.9 Å². The van der Waals surface area contributed by atoms with Crippen molar-refractivity contribution in [3.8, 4) is 0 Å². The highest BCUT2D eigenvalue weighted by Crippen LogP contribution is 2.05. The molecule has 0 radical (unpaired) electrons. The van der Waals surface area contributed by atoms with Gasteiger partial charge in [-0.2, -0.15) is 0 Å². The molecular formula is C9H12ClN3O. The number of hydrogen-bond acceptors (Lipinski definition) is 3. The Balaban J connectivity index is 2.69. The van der Waals surface area contributed by atoms with E-state index in [2.05, 4.69) is 15.3 Å². The van der Waals surface area contributed by atoms with E-state index in [1.807, 2.05) is 13.8 Å². The Morgan fingerprint density at radius 3 is 2.86 bits per heavy atom. The van der Waals surface area contributed by atoms with E-state index in [1.165, 1.54) is 12.5 Å². The first-order valence-electron chi connectivity index (χ1n) is 4.20. The molecule has 0 bridgehead atoms. The lowest BCUT2D eigenvalue weighted by molar-refractivity contribution is 0.0915. The summed E-state index contributed by atoms with van der Waals surface area (Å²) in [5, 5.41) is 2.76. The van der Waals surface area contributed by atoms with Crippen LogP contribution in [0.4, 0.5) is 0 Å². The zero-order chi connectivity index (χ0) is 10.6. The first-order valence-corrected chi connectivity index (χ1v) is 4.73. The number of nitrogens with one attached hydrogen (secondary N) is 1. The molecule has 0 saturated carbocycles. The summed E-state index contributed by atoms with van der Waals surface area (Å²) in [6.07, 6.45) is 2.86. The number of amides is 1. The Hall–Kier alpha value is -1.16. The zero-order valence-electron chi connectivity index (χ0n) is 8.12. The molecule has 1 N–H and O–H groups in total. The van der Waals surface area contributed by atoms with Gasteiger partial charge in [-0.05, 0) is 19.9 Å². The maximum Gasteiger partial charge on any atom is 0.270 e. The van der Waals surface area contributed by atoms with Crippen molar-refractivity contribution >= 4 is 17.5 Å². The number of nitrogens with zero attached hydrogens (tertiary/aromatic N) is 2. The lowest BCUT2D eigenvalue weighted by Crippen LogP contribution is -2.45. The fourth-order valence-corrected chi connectivity index (χ4v) is 0.897. The van der Waals surface area contributed by atoms with Crippen molar-refractivity contribution in [2.75, 3.05) is 5.88 Å². The van der Waals surface area contributed by atoms with Crippen LogP contribution < -0.4 is 5.32 Å². The third-order valence-corrected chi connectivity index (χ3v) is 2.27. The van der Waals surface area contributed by atoms with Gasteiger partial charge in [-0.3, -0.25) is 4.79 Å². The molecule has 1 rings (SSSR count). The molecule has 14 heavy (non-hydrogen) atoms. The number of aromatic nitrogens is 2. The van der Waals surface area contributed by atoms with Crippen molar-refractivity contribution in [2.45, 2.75) is 19.4 Å². The molecule has 1 heterocycles.